The van der Waals surface area contributed by atoms with Gasteiger partial charge in [0.25, 0.3) is 0 Å². The lowest BCUT2D eigenvalue weighted by molar-refractivity contribution is -0.141. The Kier molecular flexibility index (Phi) is 7.89. The van der Waals surface area contributed by atoms with Crippen LogP contribution in [0.2, 0.25) is 0 Å². The third kappa shape index (κ3) is 5.20. The summed E-state index contributed by atoms with van der Waals surface area (Å²) in [5, 5.41) is 13.2. The van der Waals surface area contributed by atoms with Crippen molar-refractivity contribution in [2.75, 3.05) is 13.1 Å². The number of nitrogens with one attached hydrogen (secondary N) is 1. The van der Waals surface area contributed by atoms with Gasteiger partial charge in [0.1, 0.15) is 5.54 Å². The fourth-order valence-corrected chi connectivity index (χ4v) is 4.61. The van der Waals surface area contributed by atoms with Gasteiger partial charge in [-0.25, -0.2) is 0 Å². The van der Waals surface area contributed by atoms with Gasteiger partial charge in [-0.2, -0.15) is 5.26 Å². The van der Waals surface area contributed by atoms with Crippen molar-refractivity contribution in [3.63, 3.8) is 0 Å². The molecule has 1 atom stereocenters. The van der Waals surface area contributed by atoms with Crippen LogP contribution in [0, 0.1) is 17.2 Å². The highest BCUT2D eigenvalue weighted by molar-refractivity contribution is 5.80. The van der Waals surface area contributed by atoms with E-state index in [0.717, 1.165) is 6.42 Å². The van der Waals surface area contributed by atoms with Gasteiger partial charge >= 0.3 is 0 Å². The minimum absolute atomic E-state index is 0.0205. The lowest BCUT2D eigenvalue weighted by atomic mass is 9.83. The molecule has 1 aliphatic heterocycles. The Morgan fingerprint density at radius 1 is 1.27 bits per heavy atom. The molecule has 26 heavy (non-hydrogen) atoms. The molecule has 0 radical (unpaired) electrons. The molecule has 146 valence electrons. The summed E-state index contributed by atoms with van der Waals surface area (Å²) in [6.45, 7) is 3.39. The van der Waals surface area contributed by atoms with Crippen molar-refractivity contribution >= 4 is 11.8 Å². The maximum atomic E-state index is 13.2. The van der Waals surface area contributed by atoms with Crippen LogP contribution in [-0.4, -0.2) is 41.4 Å². The van der Waals surface area contributed by atoms with E-state index in [2.05, 4.69) is 11.4 Å². The van der Waals surface area contributed by atoms with Crippen LogP contribution in [-0.2, 0) is 9.59 Å². The minimum atomic E-state index is -0.814. The van der Waals surface area contributed by atoms with Gasteiger partial charge in [0.15, 0.2) is 0 Å². The first-order chi connectivity index (χ1) is 12.5. The molecule has 1 aliphatic carbocycles. The molecule has 0 aromatic rings. The van der Waals surface area contributed by atoms with E-state index in [0.29, 0.717) is 44.7 Å². The van der Waals surface area contributed by atoms with E-state index in [1.165, 1.54) is 32.1 Å². The van der Waals surface area contributed by atoms with E-state index >= 15 is 0 Å². The summed E-state index contributed by atoms with van der Waals surface area (Å²) in [5.41, 5.74) is 4.63. The predicted molar refractivity (Wildman–Crippen MR) is 101 cm³/mol. The molecule has 0 aromatic heterocycles. The number of nitrogens with two attached hydrogens (primary N) is 1. The largest absolute Gasteiger partial charge is 0.370 e. The summed E-state index contributed by atoms with van der Waals surface area (Å²) in [7, 11) is 0. The number of amides is 2. The van der Waals surface area contributed by atoms with Gasteiger partial charge in [0.2, 0.25) is 11.8 Å². The van der Waals surface area contributed by atoms with Crippen molar-refractivity contribution in [3.8, 4) is 6.07 Å². The summed E-state index contributed by atoms with van der Waals surface area (Å²) in [6.07, 6.45) is 9.57. The third-order valence-electron chi connectivity index (χ3n) is 6.13. The second-order valence-corrected chi connectivity index (χ2v) is 7.93. The summed E-state index contributed by atoms with van der Waals surface area (Å²) in [5.74, 6) is 0.230. The molecule has 1 saturated carbocycles. The van der Waals surface area contributed by atoms with Gasteiger partial charge in [0.05, 0.1) is 6.07 Å². The van der Waals surface area contributed by atoms with Crippen LogP contribution in [0.15, 0.2) is 0 Å². The molecule has 2 amide bonds. The lowest BCUT2D eigenvalue weighted by Gasteiger charge is -2.45. The topological polar surface area (TPSA) is 99.2 Å². The van der Waals surface area contributed by atoms with Crippen molar-refractivity contribution < 1.29 is 9.59 Å². The maximum absolute atomic E-state index is 13.2. The Hall–Kier alpha value is -1.61. The third-order valence-corrected chi connectivity index (χ3v) is 6.13. The van der Waals surface area contributed by atoms with Crippen molar-refractivity contribution in [1.82, 2.24) is 10.2 Å². The highest BCUT2D eigenvalue weighted by atomic mass is 16.2. The molecule has 2 aliphatic rings. The monoisotopic (exact) mass is 362 g/mol. The summed E-state index contributed by atoms with van der Waals surface area (Å²) < 4.78 is 0. The van der Waals surface area contributed by atoms with Crippen molar-refractivity contribution in [1.29, 1.82) is 5.26 Å². The van der Waals surface area contributed by atoms with Gasteiger partial charge in [-0.3, -0.25) is 9.59 Å². The molecule has 0 aromatic carbocycles. The molecule has 6 nitrogen and oxygen atoms in total. The van der Waals surface area contributed by atoms with Crippen molar-refractivity contribution in [3.05, 3.63) is 0 Å². The summed E-state index contributed by atoms with van der Waals surface area (Å²) in [6, 6.07) is 2.15. The number of carbonyl (C=O) groups is 2. The van der Waals surface area contributed by atoms with Crippen LogP contribution >= 0.6 is 0 Å². The molecule has 6 heteroatoms. The Bertz CT molecular complexity index is 516. The normalized spacial score (nSPS) is 21.5. The summed E-state index contributed by atoms with van der Waals surface area (Å²) in [4.78, 5) is 26.6. The molecule has 1 unspecified atom stereocenters. The van der Waals surface area contributed by atoms with Crippen LogP contribution < -0.4 is 11.1 Å². The molecular formula is C20H34N4O2. The molecule has 2 fully saturated rings. The van der Waals surface area contributed by atoms with E-state index in [1.54, 1.807) is 4.90 Å². The lowest BCUT2D eigenvalue weighted by Crippen LogP contribution is -2.60. The number of nitriles is 1. The van der Waals surface area contributed by atoms with Crippen LogP contribution in [0.1, 0.15) is 77.6 Å². The minimum Gasteiger partial charge on any atom is -0.370 e. The zero-order valence-corrected chi connectivity index (χ0v) is 16.1. The maximum Gasteiger partial charge on any atom is 0.224 e. The molecule has 1 saturated heterocycles. The standard InChI is InChI=1S/C20H34N4O2/c1-2-17(14-18(22)25)24(20(15-21)10-12-23-13-11-20)19(26)9-8-16-6-4-3-5-7-16/h16-17,23H,2-14H2,1H3,(H2,22,25). The first-order valence-corrected chi connectivity index (χ1v) is 10.2. The van der Waals surface area contributed by atoms with E-state index in [1.807, 2.05) is 6.92 Å². The van der Waals surface area contributed by atoms with Crippen LogP contribution in [0.25, 0.3) is 0 Å². The van der Waals surface area contributed by atoms with E-state index in [4.69, 9.17) is 5.73 Å². The van der Waals surface area contributed by atoms with E-state index in [9.17, 15) is 14.9 Å². The van der Waals surface area contributed by atoms with Gasteiger partial charge < -0.3 is 16.0 Å². The number of piperidine rings is 1. The zero-order chi connectivity index (χ0) is 19.0. The van der Waals surface area contributed by atoms with Crippen molar-refractivity contribution in [2.45, 2.75) is 89.1 Å². The molecular weight excluding hydrogens is 328 g/mol. The fraction of sp³-hybridized carbons (Fsp3) is 0.850. The van der Waals surface area contributed by atoms with Crippen LogP contribution in [0.4, 0.5) is 0 Å². The molecule has 0 bridgehead atoms. The van der Waals surface area contributed by atoms with Gasteiger partial charge in [-0.05, 0) is 44.7 Å². The molecule has 3 N–H and O–H groups in total. The number of rotatable bonds is 8. The Labute approximate surface area is 157 Å². The van der Waals surface area contributed by atoms with Gasteiger partial charge in [-0.1, -0.05) is 39.0 Å². The number of carbonyl (C=O) groups excluding carboxylic acids is 2. The predicted octanol–water partition coefficient (Wildman–Crippen LogP) is 2.48. The number of nitrogens with zero attached hydrogens (tertiary/aromatic N) is 2. The van der Waals surface area contributed by atoms with E-state index < -0.39 is 11.4 Å². The van der Waals surface area contributed by atoms with Gasteiger partial charge in [0, 0.05) is 18.9 Å². The first-order valence-electron chi connectivity index (χ1n) is 10.2. The number of primary amides is 1. The van der Waals surface area contributed by atoms with Gasteiger partial charge in [-0.15, -0.1) is 0 Å². The second-order valence-electron chi connectivity index (χ2n) is 7.93. The van der Waals surface area contributed by atoms with Crippen LogP contribution in [0.3, 0.4) is 0 Å². The fourth-order valence-electron chi connectivity index (χ4n) is 4.61. The van der Waals surface area contributed by atoms with Crippen LogP contribution in [0.5, 0.6) is 0 Å². The number of hydrogen-bond donors (Lipinski definition) is 2. The zero-order valence-electron chi connectivity index (χ0n) is 16.1. The average molecular weight is 363 g/mol. The smallest absolute Gasteiger partial charge is 0.224 e. The van der Waals surface area contributed by atoms with E-state index in [-0.39, 0.29) is 18.4 Å². The average Bonchev–Trinajstić information content (AvgIpc) is 2.67. The summed E-state index contributed by atoms with van der Waals surface area (Å²) >= 11 is 0. The highest BCUT2D eigenvalue weighted by Crippen LogP contribution is 2.33. The Morgan fingerprint density at radius 3 is 2.46 bits per heavy atom. The number of hydrogen-bond acceptors (Lipinski definition) is 4. The quantitative estimate of drug-likeness (QED) is 0.693. The SMILES string of the molecule is CCC(CC(N)=O)N(C(=O)CCC1CCCCC1)C1(C#N)CCNCC1. The Morgan fingerprint density at radius 2 is 1.92 bits per heavy atom. The molecule has 0 spiro atoms. The Balaban J connectivity index is 2.16. The second kappa shape index (κ2) is 9.91. The first kappa shape index (κ1) is 20.7. The van der Waals surface area contributed by atoms with Crippen molar-refractivity contribution in [2.24, 2.45) is 11.7 Å². The molecule has 2 rings (SSSR count). The molecule has 1 heterocycles. The highest BCUT2D eigenvalue weighted by Gasteiger charge is 2.44.